The van der Waals surface area contributed by atoms with Crippen LogP contribution in [0.5, 0.6) is 0 Å². The summed E-state index contributed by atoms with van der Waals surface area (Å²) in [5, 5.41) is 3.22. The molecule has 0 saturated heterocycles. The van der Waals surface area contributed by atoms with E-state index in [0.29, 0.717) is 12.2 Å². The smallest absolute Gasteiger partial charge is 0.422 e. The van der Waals surface area contributed by atoms with Crippen molar-refractivity contribution in [2.75, 3.05) is 11.3 Å². The zero-order valence-electron chi connectivity index (χ0n) is 12.0. The highest BCUT2D eigenvalue weighted by molar-refractivity contribution is 7.91. The molecule has 3 N–H and O–H groups in total. The Morgan fingerprint density at radius 3 is 2.81 bits per heavy atom. The second-order valence-electron chi connectivity index (χ2n) is 5.07. The lowest BCUT2D eigenvalue weighted by atomic mass is 10.0. The number of amides is 1. The maximum atomic E-state index is 11.8. The molecule has 0 unspecified atom stereocenters. The molecule has 0 aromatic heterocycles. The summed E-state index contributed by atoms with van der Waals surface area (Å²) in [5.41, 5.74) is 2.65. The van der Waals surface area contributed by atoms with E-state index in [-0.39, 0.29) is 0 Å². The fraction of sp³-hybridized carbons (Fsp3) is 0.462. The normalized spacial score (nSPS) is 14.4. The number of hydrogen-bond acceptors (Lipinski definition) is 5. The second-order valence-corrected chi connectivity index (χ2v) is 6.49. The summed E-state index contributed by atoms with van der Waals surface area (Å²) in [6.07, 6.45) is -0.478. The molecule has 0 aliphatic carbocycles. The summed E-state index contributed by atoms with van der Waals surface area (Å²) in [6.45, 7) is 4.89. The standard InChI is InChI=1S/C13H19N3O4S/c1-9(2)20-13(17)16-21(18,19)15-12-4-3-10-5-6-14-8-11(10)7-12/h3-4,7,9,14-15H,5-6,8H2,1-2H3,(H,16,17). The minimum atomic E-state index is -4.00. The lowest BCUT2D eigenvalue weighted by molar-refractivity contribution is 0.121. The van der Waals surface area contributed by atoms with Gasteiger partial charge in [0.1, 0.15) is 0 Å². The van der Waals surface area contributed by atoms with Crippen LogP contribution in [0.1, 0.15) is 25.0 Å². The van der Waals surface area contributed by atoms with Crippen LogP contribution in [-0.2, 0) is 27.9 Å². The summed E-state index contributed by atoms with van der Waals surface area (Å²) in [5.74, 6) is 0. The molecular weight excluding hydrogens is 294 g/mol. The fourth-order valence-corrected chi connectivity index (χ4v) is 2.83. The molecule has 1 heterocycles. The first-order chi connectivity index (χ1) is 9.85. The van der Waals surface area contributed by atoms with Crippen molar-refractivity contribution in [2.24, 2.45) is 0 Å². The molecule has 2 rings (SSSR count). The minimum absolute atomic E-state index is 0.394. The van der Waals surface area contributed by atoms with Crippen molar-refractivity contribution in [3.63, 3.8) is 0 Å². The van der Waals surface area contributed by atoms with Crippen LogP contribution >= 0.6 is 0 Å². The first-order valence-corrected chi connectivity index (χ1v) is 8.18. The Hall–Kier alpha value is -1.80. The summed E-state index contributed by atoms with van der Waals surface area (Å²) in [7, 11) is -4.00. The number of rotatable bonds is 4. The van der Waals surface area contributed by atoms with Crippen LogP contribution in [0, 0.1) is 0 Å². The summed E-state index contributed by atoms with van der Waals surface area (Å²) in [6, 6.07) is 5.33. The van der Waals surface area contributed by atoms with E-state index in [2.05, 4.69) is 10.0 Å². The summed E-state index contributed by atoms with van der Waals surface area (Å²) < 4.78 is 32.5. The van der Waals surface area contributed by atoms with Crippen LogP contribution in [0.4, 0.5) is 10.5 Å². The van der Waals surface area contributed by atoms with Gasteiger partial charge >= 0.3 is 16.3 Å². The highest BCUT2D eigenvalue weighted by atomic mass is 32.2. The van der Waals surface area contributed by atoms with Gasteiger partial charge in [0.25, 0.3) is 0 Å². The first kappa shape index (κ1) is 15.6. The largest absolute Gasteiger partial charge is 0.446 e. The van der Waals surface area contributed by atoms with E-state index < -0.39 is 22.4 Å². The van der Waals surface area contributed by atoms with Crippen LogP contribution in [0.25, 0.3) is 0 Å². The molecule has 1 aromatic carbocycles. The average Bonchev–Trinajstić information content (AvgIpc) is 2.36. The zero-order chi connectivity index (χ0) is 15.5. The van der Waals surface area contributed by atoms with Crippen molar-refractivity contribution in [3.05, 3.63) is 29.3 Å². The van der Waals surface area contributed by atoms with Crippen LogP contribution in [0.2, 0.25) is 0 Å². The van der Waals surface area contributed by atoms with E-state index in [9.17, 15) is 13.2 Å². The van der Waals surface area contributed by atoms with Crippen LogP contribution < -0.4 is 14.8 Å². The van der Waals surface area contributed by atoms with E-state index >= 15 is 0 Å². The summed E-state index contributed by atoms with van der Waals surface area (Å²) >= 11 is 0. The third-order valence-corrected chi connectivity index (χ3v) is 3.85. The van der Waals surface area contributed by atoms with Crippen LogP contribution in [0.15, 0.2) is 18.2 Å². The van der Waals surface area contributed by atoms with Gasteiger partial charge in [-0.1, -0.05) is 6.07 Å². The minimum Gasteiger partial charge on any atom is -0.446 e. The molecule has 0 saturated carbocycles. The maximum absolute atomic E-state index is 11.8. The van der Waals surface area contributed by atoms with E-state index in [1.54, 1.807) is 30.7 Å². The van der Waals surface area contributed by atoms with Crippen molar-refractivity contribution in [1.29, 1.82) is 0 Å². The SMILES string of the molecule is CC(C)OC(=O)NS(=O)(=O)Nc1ccc2c(c1)CNCC2. The number of nitrogens with one attached hydrogen (secondary N) is 3. The fourth-order valence-electron chi connectivity index (χ4n) is 2.07. The first-order valence-electron chi connectivity index (χ1n) is 6.69. The number of anilines is 1. The summed E-state index contributed by atoms with van der Waals surface area (Å²) in [4.78, 5) is 11.3. The number of ether oxygens (including phenoxy) is 1. The molecule has 0 radical (unpaired) electrons. The highest BCUT2D eigenvalue weighted by Crippen LogP contribution is 2.19. The third-order valence-electron chi connectivity index (χ3n) is 2.91. The molecular formula is C13H19N3O4S. The van der Waals surface area contributed by atoms with Gasteiger partial charge in [-0.3, -0.25) is 4.72 Å². The maximum Gasteiger partial charge on any atom is 0.422 e. The van der Waals surface area contributed by atoms with Gasteiger partial charge in [0.15, 0.2) is 0 Å². The molecule has 1 amide bonds. The number of fused-ring (bicyclic) bond motifs is 1. The third kappa shape index (κ3) is 4.61. The molecule has 0 spiro atoms. The van der Waals surface area contributed by atoms with Crippen LogP contribution in [0.3, 0.4) is 0 Å². The van der Waals surface area contributed by atoms with E-state index in [1.807, 2.05) is 6.07 Å². The van der Waals surface area contributed by atoms with Crippen LogP contribution in [-0.4, -0.2) is 27.2 Å². The molecule has 1 aliphatic heterocycles. The molecule has 0 atom stereocenters. The number of hydrogen-bond donors (Lipinski definition) is 3. The van der Waals surface area contributed by atoms with Gasteiger partial charge in [0.05, 0.1) is 11.8 Å². The zero-order valence-corrected chi connectivity index (χ0v) is 12.8. The Morgan fingerprint density at radius 1 is 1.33 bits per heavy atom. The van der Waals surface area contributed by atoms with Gasteiger partial charge in [0.2, 0.25) is 0 Å². The Labute approximate surface area is 124 Å². The average molecular weight is 313 g/mol. The quantitative estimate of drug-likeness (QED) is 0.774. The van der Waals surface area contributed by atoms with Gasteiger partial charge in [-0.25, -0.2) is 9.52 Å². The Bertz CT molecular complexity index is 628. The van der Waals surface area contributed by atoms with Gasteiger partial charge in [-0.15, -0.1) is 0 Å². The number of carbonyl (C=O) groups is 1. The van der Waals surface area contributed by atoms with Gasteiger partial charge in [-0.2, -0.15) is 8.42 Å². The van der Waals surface area contributed by atoms with E-state index in [1.165, 1.54) is 5.56 Å². The molecule has 0 bridgehead atoms. The molecule has 8 heteroatoms. The van der Waals surface area contributed by atoms with Crippen molar-refractivity contribution < 1.29 is 17.9 Å². The lowest BCUT2D eigenvalue weighted by Crippen LogP contribution is -2.36. The molecule has 1 aromatic rings. The Kier molecular flexibility index (Phi) is 4.69. The topological polar surface area (TPSA) is 96.5 Å². The predicted molar refractivity (Wildman–Crippen MR) is 79.1 cm³/mol. The van der Waals surface area contributed by atoms with Gasteiger partial charge in [0, 0.05) is 6.54 Å². The lowest BCUT2D eigenvalue weighted by Gasteiger charge is -2.18. The van der Waals surface area contributed by atoms with E-state index in [0.717, 1.165) is 18.5 Å². The van der Waals surface area contributed by atoms with Gasteiger partial charge in [-0.05, 0) is 50.1 Å². The molecule has 21 heavy (non-hydrogen) atoms. The monoisotopic (exact) mass is 313 g/mol. The van der Waals surface area contributed by atoms with Crippen molar-refractivity contribution >= 4 is 22.0 Å². The molecule has 0 fully saturated rings. The van der Waals surface area contributed by atoms with Crippen molar-refractivity contribution in [2.45, 2.75) is 32.9 Å². The Morgan fingerprint density at radius 2 is 2.10 bits per heavy atom. The van der Waals surface area contributed by atoms with E-state index in [4.69, 9.17) is 4.74 Å². The molecule has 1 aliphatic rings. The highest BCUT2D eigenvalue weighted by Gasteiger charge is 2.17. The van der Waals surface area contributed by atoms with Crippen molar-refractivity contribution in [3.8, 4) is 0 Å². The van der Waals surface area contributed by atoms with Crippen molar-refractivity contribution in [1.82, 2.24) is 10.0 Å². The predicted octanol–water partition coefficient (Wildman–Crippen LogP) is 1.12. The number of benzene rings is 1. The Balaban J connectivity index is 2.04. The second kappa shape index (κ2) is 6.31. The molecule has 116 valence electrons. The molecule has 7 nitrogen and oxygen atoms in total. The number of carbonyl (C=O) groups excluding carboxylic acids is 1. The van der Waals surface area contributed by atoms with Gasteiger partial charge < -0.3 is 10.1 Å².